The third-order valence-corrected chi connectivity index (χ3v) is 4.30. The summed E-state index contributed by atoms with van der Waals surface area (Å²) >= 11 is 0. The second-order valence-electron chi connectivity index (χ2n) is 7.09. The van der Waals surface area contributed by atoms with Crippen LogP contribution in [0.2, 0.25) is 0 Å². The minimum absolute atomic E-state index is 0.0222. The number of carbonyl (C=O) groups excluding carboxylic acids is 2. The normalized spacial score (nSPS) is 16.2. The van der Waals surface area contributed by atoms with Crippen LogP contribution in [0.3, 0.4) is 0 Å². The first kappa shape index (κ1) is 17.3. The maximum Gasteiger partial charge on any atom is 0.260 e. The highest BCUT2D eigenvalue weighted by molar-refractivity contribution is 5.79. The van der Waals surface area contributed by atoms with Crippen LogP contribution in [-0.2, 0) is 15.0 Å². The van der Waals surface area contributed by atoms with Crippen molar-refractivity contribution in [3.05, 3.63) is 29.8 Å². The first-order valence-corrected chi connectivity index (χ1v) is 8.08. The zero-order valence-corrected chi connectivity index (χ0v) is 14.2. The molecule has 1 aliphatic heterocycles. The molecule has 0 spiro atoms. The van der Waals surface area contributed by atoms with Crippen LogP contribution >= 0.6 is 0 Å². The summed E-state index contributed by atoms with van der Waals surface area (Å²) in [6.07, 6.45) is 1.28. The van der Waals surface area contributed by atoms with Crippen LogP contribution in [0.5, 0.6) is 5.75 Å². The van der Waals surface area contributed by atoms with Gasteiger partial charge in [0.2, 0.25) is 5.91 Å². The Morgan fingerprint density at radius 3 is 2.39 bits per heavy atom. The molecule has 2 rings (SSSR count). The Labute approximate surface area is 137 Å². The molecule has 1 aromatic carbocycles. The molecule has 23 heavy (non-hydrogen) atoms. The molecule has 1 aliphatic rings. The van der Waals surface area contributed by atoms with E-state index in [-0.39, 0.29) is 29.8 Å². The van der Waals surface area contributed by atoms with E-state index in [0.29, 0.717) is 25.9 Å². The number of nitrogens with zero attached hydrogens (tertiary/aromatic N) is 1. The van der Waals surface area contributed by atoms with Gasteiger partial charge in [-0.3, -0.25) is 9.59 Å². The molecule has 0 bridgehead atoms. The van der Waals surface area contributed by atoms with Gasteiger partial charge in [0.1, 0.15) is 5.75 Å². The fraction of sp³-hybridized carbons (Fsp3) is 0.556. The first-order chi connectivity index (χ1) is 10.8. The summed E-state index contributed by atoms with van der Waals surface area (Å²) in [7, 11) is 0. The van der Waals surface area contributed by atoms with Crippen LogP contribution in [0.15, 0.2) is 24.3 Å². The van der Waals surface area contributed by atoms with Crippen molar-refractivity contribution in [1.29, 1.82) is 0 Å². The van der Waals surface area contributed by atoms with Crippen molar-refractivity contribution < 1.29 is 14.3 Å². The van der Waals surface area contributed by atoms with Crippen molar-refractivity contribution in [1.82, 2.24) is 4.90 Å². The van der Waals surface area contributed by atoms with Gasteiger partial charge in [-0.1, -0.05) is 39.0 Å². The maximum atomic E-state index is 12.3. The van der Waals surface area contributed by atoms with Crippen LogP contribution < -0.4 is 10.5 Å². The van der Waals surface area contributed by atoms with E-state index in [4.69, 9.17) is 10.5 Å². The molecule has 5 nitrogen and oxygen atoms in total. The molecule has 0 saturated carbocycles. The highest BCUT2D eigenvalue weighted by atomic mass is 16.5. The largest absolute Gasteiger partial charge is 0.483 e. The van der Waals surface area contributed by atoms with E-state index in [1.807, 2.05) is 24.3 Å². The SMILES string of the molecule is CC(C)(C)c1ccccc1OCC(=O)N1CCC(C(N)=O)CC1. The number of para-hydroxylation sites is 1. The number of primary amides is 1. The number of hydrogen-bond donors (Lipinski definition) is 1. The van der Waals surface area contributed by atoms with E-state index < -0.39 is 0 Å². The van der Waals surface area contributed by atoms with Gasteiger partial charge in [0.05, 0.1) is 0 Å². The lowest BCUT2D eigenvalue weighted by Crippen LogP contribution is -2.43. The first-order valence-electron chi connectivity index (χ1n) is 8.08. The fourth-order valence-corrected chi connectivity index (χ4v) is 2.86. The number of amides is 2. The molecule has 0 atom stereocenters. The summed E-state index contributed by atoms with van der Waals surface area (Å²) in [5.74, 6) is 0.325. The standard InChI is InChI=1S/C18H26N2O3/c1-18(2,3)14-6-4-5-7-15(14)23-12-16(21)20-10-8-13(9-11-20)17(19)22/h4-7,13H,8-12H2,1-3H3,(H2,19,22). The molecule has 1 saturated heterocycles. The van der Waals surface area contributed by atoms with Gasteiger partial charge in [0.25, 0.3) is 5.91 Å². The minimum atomic E-state index is -0.271. The highest BCUT2D eigenvalue weighted by Gasteiger charge is 2.26. The third-order valence-electron chi connectivity index (χ3n) is 4.30. The molecule has 2 N–H and O–H groups in total. The maximum absolute atomic E-state index is 12.3. The van der Waals surface area contributed by atoms with Crippen molar-refractivity contribution in [3.8, 4) is 5.75 Å². The Bertz CT molecular complexity index is 570. The van der Waals surface area contributed by atoms with E-state index >= 15 is 0 Å². The average molecular weight is 318 g/mol. The van der Waals surface area contributed by atoms with Crippen molar-refractivity contribution >= 4 is 11.8 Å². The van der Waals surface area contributed by atoms with Crippen LogP contribution in [0, 0.1) is 5.92 Å². The van der Waals surface area contributed by atoms with E-state index in [0.717, 1.165) is 11.3 Å². The quantitative estimate of drug-likeness (QED) is 0.924. The molecule has 1 fully saturated rings. The molecule has 0 unspecified atom stereocenters. The van der Waals surface area contributed by atoms with Crippen molar-refractivity contribution in [3.63, 3.8) is 0 Å². The van der Waals surface area contributed by atoms with Gasteiger partial charge in [0, 0.05) is 19.0 Å². The van der Waals surface area contributed by atoms with Crippen molar-refractivity contribution in [2.75, 3.05) is 19.7 Å². The summed E-state index contributed by atoms with van der Waals surface area (Å²) in [5, 5.41) is 0. The monoisotopic (exact) mass is 318 g/mol. The topological polar surface area (TPSA) is 72.6 Å². The van der Waals surface area contributed by atoms with Gasteiger partial charge in [-0.05, 0) is 29.9 Å². The van der Waals surface area contributed by atoms with Crippen molar-refractivity contribution in [2.45, 2.75) is 39.0 Å². The lowest BCUT2D eigenvalue weighted by molar-refractivity contribution is -0.136. The summed E-state index contributed by atoms with van der Waals surface area (Å²) < 4.78 is 5.77. The highest BCUT2D eigenvalue weighted by Crippen LogP contribution is 2.31. The number of benzene rings is 1. The molecule has 0 aliphatic carbocycles. The number of piperidine rings is 1. The molecule has 0 radical (unpaired) electrons. The number of rotatable bonds is 4. The molecule has 1 aromatic rings. The Kier molecular flexibility index (Phi) is 5.29. The zero-order chi connectivity index (χ0) is 17.0. The van der Waals surface area contributed by atoms with Crippen molar-refractivity contribution in [2.24, 2.45) is 11.7 Å². The molecule has 5 heteroatoms. The second kappa shape index (κ2) is 7.02. The molecule has 126 valence electrons. The van der Waals surface area contributed by atoms with Crippen LogP contribution in [-0.4, -0.2) is 36.4 Å². The van der Waals surface area contributed by atoms with Gasteiger partial charge in [-0.25, -0.2) is 0 Å². The Hall–Kier alpha value is -2.04. The summed E-state index contributed by atoms with van der Waals surface area (Å²) in [6, 6.07) is 7.81. The summed E-state index contributed by atoms with van der Waals surface area (Å²) in [5.41, 5.74) is 6.36. The van der Waals surface area contributed by atoms with Gasteiger partial charge < -0.3 is 15.4 Å². The molecular weight excluding hydrogens is 292 g/mol. The number of likely N-dealkylation sites (tertiary alicyclic amines) is 1. The number of carbonyl (C=O) groups is 2. The van der Waals surface area contributed by atoms with Crippen LogP contribution in [0.25, 0.3) is 0 Å². The van der Waals surface area contributed by atoms with Gasteiger partial charge in [-0.15, -0.1) is 0 Å². The van der Waals surface area contributed by atoms with E-state index in [9.17, 15) is 9.59 Å². The lowest BCUT2D eigenvalue weighted by atomic mass is 9.86. The summed E-state index contributed by atoms with van der Waals surface area (Å²) in [6.45, 7) is 7.50. The molecule has 1 heterocycles. The number of ether oxygens (including phenoxy) is 1. The predicted molar refractivity (Wildman–Crippen MR) is 89.1 cm³/mol. The molecular formula is C18H26N2O3. The van der Waals surface area contributed by atoms with Gasteiger partial charge in [0.15, 0.2) is 6.61 Å². The molecule has 2 amide bonds. The minimum Gasteiger partial charge on any atom is -0.483 e. The zero-order valence-electron chi connectivity index (χ0n) is 14.2. The third kappa shape index (κ3) is 4.47. The van der Waals surface area contributed by atoms with Gasteiger partial charge in [-0.2, -0.15) is 0 Å². The Morgan fingerprint density at radius 2 is 1.83 bits per heavy atom. The lowest BCUT2D eigenvalue weighted by Gasteiger charge is -2.30. The predicted octanol–water partition coefficient (Wildman–Crippen LogP) is 2.09. The van der Waals surface area contributed by atoms with Crippen LogP contribution in [0.1, 0.15) is 39.2 Å². The average Bonchev–Trinajstić information content (AvgIpc) is 2.52. The van der Waals surface area contributed by atoms with Gasteiger partial charge >= 0.3 is 0 Å². The smallest absolute Gasteiger partial charge is 0.260 e. The Balaban J connectivity index is 1.92. The molecule has 0 aromatic heterocycles. The van der Waals surface area contributed by atoms with Crippen LogP contribution in [0.4, 0.5) is 0 Å². The summed E-state index contributed by atoms with van der Waals surface area (Å²) in [4.78, 5) is 25.2. The van der Waals surface area contributed by atoms with E-state index in [1.165, 1.54) is 0 Å². The van der Waals surface area contributed by atoms with E-state index in [1.54, 1.807) is 4.90 Å². The fourth-order valence-electron chi connectivity index (χ4n) is 2.86. The van der Waals surface area contributed by atoms with E-state index in [2.05, 4.69) is 20.8 Å². The number of hydrogen-bond acceptors (Lipinski definition) is 3. The second-order valence-corrected chi connectivity index (χ2v) is 7.09. The Morgan fingerprint density at radius 1 is 1.22 bits per heavy atom. The number of nitrogens with two attached hydrogens (primary N) is 1.